The summed E-state index contributed by atoms with van der Waals surface area (Å²) in [4.78, 5) is 2.97. The molecule has 4 rings (SSSR count). The van der Waals surface area contributed by atoms with Gasteiger partial charge >= 0.3 is 0 Å². The Kier molecular flexibility index (Phi) is 3.74. The first kappa shape index (κ1) is 15.8. The number of nitrogens with zero attached hydrogens (tertiary/aromatic N) is 3. The smallest absolute Gasteiger partial charge is 0.119 e. The molecule has 1 aromatic carbocycles. The SMILES string of the molecule is COc1ccc2c(c1)CC[C@@H]1[C@@H]2CC[C@]2(C)[C@H](O)[C@H](N=[N+]=[N-])C[C@@H]12. The van der Waals surface area contributed by atoms with Gasteiger partial charge in [-0.2, -0.15) is 0 Å². The molecule has 0 amide bonds. The van der Waals surface area contributed by atoms with E-state index in [0.717, 1.165) is 37.9 Å². The third-order valence-corrected chi connectivity index (χ3v) is 7.11. The van der Waals surface area contributed by atoms with Gasteiger partial charge in [0.1, 0.15) is 5.75 Å². The maximum Gasteiger partial charge on any atom is 0.119 e. The number of benzene rings is 1. The Morgan fingerprint density at radius 2 is 2.21 bits per heavy atom. The first-order chi connectivity index (χ1) is 11.6. The summed E-state index contributed by atoms with van der Waals surface area (Å²) in [5.74, 6) is 2.53. The molecule has 0 aliphatic heterocycles. The highest BCUT2D eigenvalue weighted by Gasteiger charge is 2.57. The summed E-state index contributed by atoms with van der Waals surface area (Å²) in [5, 5.41) is 14.6. The number of hydrogen-bond donors (Lipinski definition) is 1. The van der Waals surface area contributed by atoms with E-state index in [1.54, 1.807) is 7.11 Å². The fraction of sp³-hybridized carbons (Fsp3) is 0.684. The van der Waals surface area contributed by atoms with Crippen LogP contribution in [0, 0.1) is 17.3 Å². The van der Waals surface area contributed by atoms with E-state index in [4.69, 9.17) is 10.3 Å². The second-order valence-corrected chi connectivity index (χ2v) is 7.98. The molecule has 6 atom stereocenters. The zero-order chi connectivity index (χ0) is 16.9. The second-order valence-electron chi connectivity index (χ2n) is 7.98. The number of aryl methyl sites for hydroxylation is 1. The molecule has 1 aromatic rings. The molecule has 0 unspecified atom stereocenters. The van der Waals surface area contributed by atoms with E-state index < -0.39 is 6.10 Å². The summed E-state index contributed by atoms with van der Waals surface area (Å²) in [6.07, 6.45) is 4.66. The van der Waals surface area contributed by atoms with Gasteiger partial charge in [0.25, 0.3) is 0 Å². The fourth-order valence-electron chi connectivity index (χ4n) is 5.85. The minimum Gasteiger partial charge on any atom is -0.497 e. The van der Waals surface area contributed by atoms with E-state index in [-0.39, 0.29) is 11.5 Å². The van der Waals surface area contributed by atoms with Crippen LogP contribution >= 0.6 is 0 Å². The van der Waals surface area contributed by atoms with E-state index in [1.165, 1.54) is 11.1 Å². The lowest BCUT2D eigenvalue weighted by atomic mass is 9.55. The Labute approximate surface area is 142 Å². The van der Waals surface area contributed by atoms with Crippen LogP contribution in [0.3, 0.4) is 0 Å². The van der Waals surface area contributed by atoms with E-state index in [1.807, 2.05) is 0 Å². The van der Waals surface area contributed by atoms with Crippen molar-refractivity contribution in [2.24, 2.45) is 22.4 Å². The minimum atomic E-state index is -0.503. The fourth-order valence-corrected chi connectivity index (χ4v) is 5.85. The molecule has 1 N–H and O–H groups in total. The largest absolute Gasteiger partial charge is 0.497 e. The van der Waals surface area contributed by atoms with Crippen molar-refractivity contribution in [3.8, 4) is 5.75 Å². The molecule has 0 radical (unpaired) electrons. The highest BCUT2D eigenvalue weighted by molar-refractivity contribution is 5.40. The zero-order valence-electron chi connectivity index (χ0n) is 14.4. The van der Waals surface area contributed by atoms with Gasteiger partial charge in [0, 0.05) is 4.91 Å². The van der Waals surface area contributed by atoms with Crippen LogP contribution in [0.5, 0.6) is 5.75 Å². The van der Waals surface area contributed by atoms with Crippen molar-refractivity contribution in [2.75, 3.05) is 7.11 Å². The lowest BCUT2D eigenvalue weighted by Gasteiger charge is -2.50. The van der Waals surface area contributed by atoms with Gasteiger partial charge in [-0.1, -0.05) is 18.1 Å². The molecule has 128 valence electrons. The Morgan fingerprint density at radius 1 is 1.38 bits per heavy atom. The monoisotopic (exact) mass is 327 g/mol. The molecule has 5 nitrogen and oxygen atoms in total. The Morgan fingerprint density at radius 3 is 2.96 bits per heavy atom. The topological polar surface area (TPSA) is 78.2 Å². The van der Waals surface area contributed by atoms with Gasteiger partial charge in [0.15, 0.2) is 0 Å². The zero-order valence-corrected chi connectivity index (χ0v) is 14.4. The third kappa shape index (κ3) is 2.15. The van der Waals surface area contributed by atoms with Crippen molar-refractivity contribution in [3.05, 3.63) is 39.8 Å². The van der Waals surface area contributed by atoms with Crippen LogP contribution in [0.1, 0.15) is 49.7 Å². The van der Waals surface area contributed by atoms with E-state index in [2.05, 4.69) is 35.1 Å². The third-order valence-electron chi connectivity index (χ3n) is 7.11. The Bertz CT molecular complexity index is 700. The van der Waals surface area contributed by atoms with Crippen molar-refractivity contribution in [3.63, 3.8) is 0 Å². The summed E-state index contributed by atoms with van der Waals surface area (Å²) in [6, 6.07) is 6.23. The highest BCUT2D eigenvalue weighted by atomic mass is 16.5. The molecule has 0 heterocycles. The van der Waals surface area contributed by atoms with Crippen molar-refractivity contribution < 1.29 is 9.84 Å². The molecule has 0 spiro atoms. The van der Waals surface area contributed by atoms with Crippen LogP contribution in [0.2, 0.25) is 0 Å². The van der Waals surface area contributed by atoms with Gasteiger partial charge in [0.2, 0.25) is 0 Å². The van der Waals surface area contributed by atoms with Gasteiger partial charge in [-0.3, -0.25) is 0 Å². The van der Waals surface area contributed by atoms with Crippen molar-refractivity contribution >= 4 is 0 Å². The molecule has 2 fully saturated rings. The first-order valence-corrected chi connectivity index (χ1v) is 8.97. The van der Waals surface area contributed by atoms with Crippen LogP contribution in [0.25, 0.3) is 10.4 Å². The molecule has 3 aliphatic carbocycles. The standard InChI is InChI=1S/C19H25N3O2/c1-19-8-7-14-13-6-4-12(24-2)9-11(13)3-5-15(14)16(19)10-17(18(19)23)21-22-20/h4,6,9,14-18,23H,3,5,7-8,10H2,1-2H3/t14-,15-,16+,17-,18-,19+/m1/s1. The summed E-state index contributed by atoms with van der Waals surface area (Å²) in [7, 11) is 1.72. The highest BCUT2D eigenvalue weighted by Crippen LogP contribution is 2.61. The van der Waals surface area contributed by atoms with Gasteiger partial charge in [0.05, 0.1) is 19.3 Å². The number of fused-ring (bicyclic) bond motifs is 5. The maximum atomic E-state index is 10.7. The van der Waals surface area contributed by atoms with Crippen LogP contribution in [0.15, 0.2) is 23.3 Å². The molecular formula is C19H25N3O2. The van der Waals surface area contributed by atoms with Crippen LogP contribution in [-0.4, -0.2) is 24.4 Å². The van der Waals surface area contributed by atoms with E-state index >= 15 is 0 Å². The summed E-state index contributed by atoms with van der Waals surface area (Å²) in [6.45, 7) is 2.20. The van der Waals surface area contributed by atoms with Gasteiger partial charge in [-0.05, 0) is 84.1 Å². The first-order valence-electron chi connectivity index (χ1n) is 8.97. The average Bonchev–Trinajstić information content (AvgIpc) is 2.86. The molecular weight excluding hydrogens is 302 g/mol. The predicted octanol–water partition coefficient (Wildman–Crippen LogP) is 4.20. The number of aliphatic hydroxyl groups is 1. The summed E-state index contributed by atoms with van der Waals surface area (Å²) < 4.78 is 5.38. The van der Waals surface area contributed by atoms with Gasteiger partial charge < -0.3 is 9.84 Å². The van der Waals surface area contributed by atoms with Crippen LogP contribution in [-0.2, 0) is 6.42 Å². The molecule has 0 aromatic heterocycles. The van der Waals surface area contributed by atoms with Gasteiger partial charge in [-0.25, -0.2) is 0 Å². The van der Waals surface area contributed by atoms with Crippen LogP contribution in [0.4, 0.5) is 0 Å². The van der Waals surface area contributed by atoms with Crippen molar-refractivity contribution in [1.29, 1.82) is 0 Å². The molecule has 2 saturated carbocycles. The normalized spacial score (nSPS) is 40.0. The molecule has 24 heavy (non-hydrogen) atoms. The quantitative estimate of drug-likeness (QED) is 0.502. The molecule has 3 aliphatic rings. The lowest BCUT2D eigenvalue weighted by molar-refractivity contribution is -0.0255. The second kappa shape index (κ2) is 5.68. The number of ether oxygens (including phenoxy) is 1. The van der Waals surface area contributed by atoms with Gasteiger partial charge in [-0.15, -0.1) is 0 Å². The Hall–Kier alpha value is -1.71. The molecule has 5 heteroatoms. The van der Waals surface area contributed by atoms with Crippen molar-refractivity contribution in [1.82, 2.24) is 0 Å². The lowest BCUT2D eigenvalue weighted by Crippen LogP contribution is -2.44. The number of hydrogen-bond acceptors (Lipinski definition) is 3. The van der Waals surface area contributed by atoms with Crippen molar-refractivity contribution in [2.45, 2.75) is 57.1 Å². The number of azide groups is 1. The number of aliphatic hydroxyl groups excluding tert-OH is 1. The number of methoxy groups -OCH3 is 1. The number of rotatable bonds is 2. The van der Waals surface area contributed by atoms with Crippen LogP contribution < -0.4 is 4.74 Å². The van der Waals surface area contributed by atoms with E-state index in [9.17, 15) is 5.11 Å². The Balaban J connectivity index is 1.67. The molecule has 0 bridgehead atoms. The minimum absolute atomic E-state index is 0.107. The summed E-state index contributed by atoms with van der Waals surface area (Å²) in [5.41, 5.74) is 11.6. The average molecular weight is 327 g/mol. The maximum absolute atomic E-state index is 10.7. The summed E-state index contributed by atoms with van der Waals surface area (Å²) >= 11 is 0. The predicted molar refractivity (Wildman–Crippen MR) is 91.9 cm³/mol. The molecule has 0 saturated heterocycles. The van der Waals surface area contributed by atoms with E-state index in [0.29, 0.717) is 17.8 Å².